The van der Waals surface area contributed by atoms with Crippen molar-refractivity contribution in [1.29, 1.82) is 0 Å². The number of carbonyl (C=O) groups excluding carboxylic acids is 2. The van der Waals surface area contributed by atoms with Gasteiger partial charge in [-0.15, -0.1) is 0 Å². The van der Waals surface area contributed by atoms with E-state index in [-0.39, 0.29) is 43.3 Å². The van der Waals surface area contributed by atoms with E-state index in [0.717, 1.165) is 12.8 Å². The van der Waals surface area contributed by atoms with E-state index < -0.39 is 30.4 Å². The molecular weight excluding hydrogens is 324 g/mol. The quantitative estimate of drug-likeness (QED) is 0.435. The molecule has 0 aromatic rings. The molecule has 1 unspecified atom stereocenters. The molecule has 0 saturated heterocycles. The van der Waals surface area contributed by atoms with Gasteiger partial charge in [-0.1, -0.05) is 40.5 Å². The number of hydrogen-bond donors (Lipinski definition) is 3. The summed E-state index contributed by atoms with van der Waals surface area (Å²) in [6, 6.07) is 0. The summed E-state index contributed by atoms with van der Waals surface area (Å²) in [5.41, 5.74) is 0. The molecule has 0 rings (SSSR count). The predicted octanol–water partition coefficient (Wildman–Crippen LogP) is 2.22. The summed E-state index contributed by atoms with van der Waals surface area (Å²) in [5.74, 6) is -0.575. The van der Waals surface area contributed by atoms with Gasteiger partial charge in [-0.3, -0.25) is 9.59 Å². The van der Waals surface area contributed by atoms with Gasteiger partial charge in [0.15, 0.2) is 0 Å². The van der Waals surface area contributed by atoms with Crippen molar-refractivity contribution in [2.75, 3.05) is 0 Å². The van der Waals surface area contributed by atoms with Crippen molar-refractivity contribution < 1.29 is 29.6 Å². The molecule has 0 radical (unpaired) electrons. The molecule has 0 aliphatic carbocycles. The molecule has 6 atom stereocenters. The lowest BCUT2D eigenvalue weighted by Gasteiger charge is -2.26. The van der Waals surface area contributed by atoms with Gasteiger partial charge in [0.25, 0.3) is 0 Å². The molecule has 3 N–H and O–H groups in total. The van der Waals surface area contributed by atoms with E-state index in [1.165, 1.54) is 6.92 Å². The van der Waals surface area contributed by atoms with Gasteiger partial charge in [-0.25, -0.2) is 0 Å². The van der Waals surface area contributed by atoms with Gasteiger partial charge in [0, 0.05) is 19.3 Å². The molecule has 0 aromatic carbocycles. The Hall–Kier alpha value is -0.980. The van der Waals surface area contributed by atoms with E-state index in [1.54, 1.807) is 0 Å². The van der Waals surface area contributed by atoms with Crippen LogP contribution < -0.4 is 0 Å². The molecule has 0 amide bonds. The van der Waals surface area contributed by atoms with Crippen LogP contribution in [0.3, 0.4) is 0 Å². The van der Waals surface area contributed by atoms with Gasteiger partial charge >= 0.3 is 5.97 Å². The van der Waals surface area contributed by atoms with Crippen molar-refractivity contribution >= 4 is 11.8 Å². The topological polar surface area (TPSA) is 104 Å². The Balaban J connectivity index is 4.57. The van der Waals surface area contributed by atoms with E-state index in [4.69, 9.17) is 4.74 Å². The zero-order valence-corrected chi connectivity index (χ0v) is 16.3. The van der Waals surface area contributed by atoms with Gasteiger partial charge in [-0.05, 0) is 18.8 Å². The highest BCUT2D eigenvalue weighted by Gasteiger charge is 2.26. The number of hydrogen-bond acceptors (Lipinski definition) is 6. The van der Waals surface area contributed by atoms with Crippen molar-refractivity contribution in [2.24, 2.45) is 11.8 Å². The number of Topliss-reactive ketones (excluding diaryl/α,β-unsaturated/α-hetero) is 1. The second kappa shape index (κ2) is 12.4. The largest absolute Gasteiger partial charge is 0.462 e. The smallest absolute Gasteiger partial charge is 0.308 e. The van der Waals surface area contributed by atoms with Crippen LogP contribution in [0.4, 0.5) is 0 Å². The Morgan fingerprint density at radius 1 is 0.880 bits per heavy atom. The first kappa shape index (κ1) is 24.0. The van der Waals surface area contributed by atoms with Crippen molar-refractivity contribution in [2.45, 2.75) is 97.6 Å². The van der Waals surface area contributed by atoms with E-state index in [0.29, 0.717) is 0 Å². The number of ketones is 1. The number of aliphatic hydroxyl groups is 3. The van der Waals surface area contributed by atoms with Crippen LogP contribution in [0.15, 0.2) is 0 Å². The summed E-state index contributed by atoms with van der Waals surface area (Å²) >= 11 is 0. The zero-order chi connectivity index (χ0) is 19.6. The average Bonchev–Trinajstić information content (AvgIpc) is 2.51. The summed E-state index contributed by atoms with van der Waals surface area (Å²) < 4.78 is 5.44. The molecule has 25 heavy (non-hydrogen) atoms. The first-order valence-electron chi connectivity index (χ1n) is 9.33. The third kappa shape index (κ3) is 10.6. The summed E-state index contributed by atoms with van der Waals surface area (Å²) in [6.45, 7) is 9.14. The fourth-order valence-electron chi connectivity index (χ4n) is 2.62. The van der Waals surface area contributed by atoms with Gasteiger partial charge in [0.2, 0.25) is 0 Å². The maximum atomic E-state index is 12.1. The second-order valence-electron chi connectivity index (χ2n) is 7.26. The lowest BCUT2D eigenvalue weighted by Crippen LogP contribution is -2.32. The van der Waals surface area contributed by atoms with Gasteiger partial charge < -0.3 is 20.1 Å². The van der Waals surface area contributed by atoms with Crippen molar-refractivity contribution in [3.05, 3.63) is 0 Å². The van der Waals surface area contributed by atoms with Crippen LogP contribution in [-0.4, -0.2) is 51.5 Å². The highest BCUT2D eigenvalue weighted by atomic mass is 16.5. The lowest BCUT2D eigenvalue weighted by molar-refractivity contribution is -0.156. The molecule has 0 aliphatic heterocycles. The van der Waals surface area contributed by atoms with Crippen LogP contribution in [0.5, 0.6) is 0 Å². The lowest BCUT2D eigenvalue weighted by atomic mass is 9.94. The predicted molar refractivity (Wildman–Crippen MR) is 96.0 cm³/mol. The monoisotopic (exact) mass is 360 g/mol. The number of ether oxygens (including phenoxy) is 1. The Morgan fingerprint density at radius 2 is 1.40 bits per heavy atom. The van der Waals surface area contributed by atoms with E-state index >= 15 is 0 Å². The first-order chi connectivity index (χ1) is 11.6. The van der Waals surface area contributed by atoms with Crippen LogP contribution in [-0.2, 0) is 14.3 Å². The fourth-order valence-corrected chi connectivity index (χ4v) is 2.62. The van der Waals surface area contributed by atoms with Crippen LogP contribution in [0.1, 0.15) is 73.1 Å². The molecule has 6 heteroatoms. The molecule has 6 nitrogen and oxygen atoms in total. The van der Waals surface area contributed by atoms with Crippen LogP contribution in [0.25, 0.3) is 0 Å². The summed E-state index contributed by atoms with van der Waals surface area (Å²) in [4.78, 5) is 23.2. The Bertz CT molecular complexity index is 397. The van der Waals surface area contributed by atoms with Crippen molar-refractivity contribution in [3.63, 3.8) is 0 Å². The van der Waals surface area contributed by atoms with E-state index in [2.05, 4.69) is 0 Å². The number of carbonyl (C=O) groups is 2. The summed E-state index contributed by atoms with van der Waals surface area (Å²) in [5, 5.41) is 29.9. The third-order valence-electron chi connectivity index (χ3n) is 4.81. The van der Waals surface area contributed by atoms with Crippen LogP contribution >= 0.6 is 0 Å². The SMILES string of the molecule is CC[C@@H](C)[C@H](CC(O)CC(C)=O)OC(=O)C[C@@H](O)C[C@H](O)[C@H](C)CC. The third-order valence-corrected chi connectivity index (χ3v) is 4.81. The molecule has 0 aromatic heterocycles. The van der Waals surface area contributed by atoms with Gasteiger partial charge in [-0.2, -0.15) is 0 Å². The highest BCUT2D eigenvalue weighted by Crippen LogP contribution is 2.20. The van der Waals surface area contributed by atoms with Crippen molar-refractivity contribution in [1.82, 2.24) is 0 Å². The standard InChI is InChI=1S/C19H36O6/c1-6-12(3)17(23)9-16(22)11-19(24)25-18(13(4)7-2)10-15(21)8-14(5)20/h12-13,15-18,21-23H,6-11H2,1-5H3/t12-,13-,15?,16+,17+,18+/m1/s1. The average molecular weight is 360 g/mol. The molecular formula is C19H36O6. The zero-order valence-electron chi connectivity index (χ0n) is 16.3. The Labute approximate surface area is 151 Å². The summed E-state index contributed by atoms with van der Waals surface area (Å²) in [6.07, 6.45) is -1.23. The number of rotatable bonds is 13. The molecule has 0 aliphatic rings. The minimum absolute atomic E-state index is 0.0356. The molecule has 0 fully saturated rings. The second-order valence-corrected chi connectivity index (χ2v) is 7.26. The first-order valence-corrected chi connectivity index (χ1v) is 9.33. The number of esters is 1. The molecule has 0 heterocycles. The molecule has 0 bridgehead atoms. The van der Waals surface area contributed by atoms with E-state index in [9.17, 15) is 24.9 Å². The maximum absolute atomic E-state index is 12.1. The highest BCUT2D eigenvalue weighted by molar-refractivity contribution is 5.76. The van der Waals surface area contributed by atoms with Crippen molar-refractivity contribution in [3.8, 4) is 0 Å². The van der Waals surface area contributed by atoms with E-state index in [1.807, 2.05) is 27.7 Å². The Kier molecular flexibility index (Phi) is 11.9. The Morgan fingerprint density at radius 3 is 1.88 bits per heavy atom. The molecule has 0 saturated carbocycles. The minimum atomic E-state index is -0.962. The van der Waals surface area contributed by atoms with Crippen LogP contribution in [0.2, 0.25) is 0 Å². The minimum Gasteiger partial charge on any atom is -0.462 e. The normalized spacial score (nSPS) is 18.7. The van der Waals surface area contributed by atoms with Crippen LogP contribution in [0, 0.1) is 11.8 Å². The molecule has 148 valence electrons. The van der Waals surface area contributed by atoms with Gasteiger partial charge in [0.05, 0.1) is 24.7 Å². The fraction of sp³-hybridized carbons (Fsp3) is 0.895. The number of aliphatic hydroxyl groups excluding tert-OH is 3. The van der Waals surface area contributed by atoms with Gasteiger partial charge in [0.1, 0.15) is 11.9 Å². The summed E-state index contributed by atoms with van der Waals surface area (Å²) in [7, 11) is 0. The molecule has 0 spiro atoms. The maximum Gasteiger partial charge on any atom is 0.308 e.